The first-order valence-electron chi connectivity index (χ1n) is 8.88. The molecule has 0 spiro atoms. The summed E-state index contributed by atoms with van der Waals surface area (Å²) in [4.78, 5) is 25.8. The fourth-order valence-corrected chi connectivity index (χ4v) is 5.54. The molecule has 1 aliphatic heterocycles. The maximum absolute atomic E-state index is 13.3. The Hall–Kier alpha value is -2.05. The first-order valence-corrected chi connectivity index (χ1v) is 11.0. The summed E-state index contributed by atoms with van der Waals surface area (Å²) in [5.74, 6) is -1.47. The number of carbonyl (C=O) groups is 2. The van der Waals surface area contributed by atoms with Crippen molar-refractivity contribution in [3.05, 3.63) is 50.7 Å². The number of nitrogens with zero attached hydrogens (tertiary/aromatic N) is 1. The lowest BCUT2D eigenvalue weighted by Gasteiger charge is -2.29. The minimum atomic E-state index is -5.74. The van der Waals surface area contributed by atoms with Gasteiger partial charge >= 0.3 is 17.4 Å². The summed E-state index contributed by atoms with van der Waals surface area (Å²) in [6.07, 6.45) is -4.45. The highest BCUT2D eigenvalue weighted by molar-refractivity contribution is 8.02. The first-order chi connectivity index (χ1) is 14.8. The standard InChI is InChI=1S/C19H15ClF5NO4S2/c1-8-10(5-15(27)28)11-4-14(30-2)12(20)6-13(11)26(8)17(29)9-3-16(31-7-9)32-19(24,25)18(21,22)23/h3-4,7,13H,5-6H2,1-2H3,(H,27,28). The number of thiophene rings is 1. The molecule has 1 atom stereocenters. The second kappa shape index (κ2) is 8.71. The Morgan fingerprint density at radius 1 is 1.34 bits per heavy atom. The van der Waals surface area contributed by atoms with Crippen LogP contribution in [0.5, 0.6) is 0 Å². The summed E-state index contributed by atoms with van der Waals surface area (Å²) in [5.41, 5.74) is 1.14. The lowest BCUT2D eigenvalue weighted by Crippen LogP contribution is -2.37. The van der Waals surface area contributed by atoms with E-state index in [9.17, 15) is 36.6 Å². The Labute approximate surface area is 192 Å². The smallest absolute Gasteiger partial charge is 0.464 e. The molecule has 0 saturated carbocycles. The number of fused-ring (bicyclic) bond motifs is 1. The van der Waals surface area contributed by atoms with Crippen LogP contribution in [0.4, 0.5) is 22.0 Å². The highest BCUT2D eigenvalue weighted by Gasteiger charge is 2.58. The topological polar surface area (TPSA) is 66.8 Å². The molecule has 0 fully saturated rings. The van der Waals surface area contributed by atoms with Crippen molar-refractivity contribution in [1.82, 2.24) is 4.90 Å². The Bertz CT molecular complexity index is 1060. The zero-order valence-electron chi connectivity index (χ0n) is 16.4. The molecule has 0 radical (unpaired) electrons. The molecule has 1 amide bonds. The molecule has 2 heterocycles. The third-order valence-corrected chi connectivity index (χ3v) is 7.30. The van der Waals surface area contributed by atoms with Gasteiger partial charge in [-0.2, -0.15) is 22.0 Å². The van der Waals surface area contributed by atoms with E-state index in [0.717, 1.165) is 6.07 Å². The van der Waals surface area contributed by atoms with Gasteiger partial charge in [0.05, 0.1) is 34.4 Å². The van der Waals surface area contributed by atoms with E-state index in [-0.39, 0.29) is 22.6 Å². The second-order valence-electron chi connectivity index (χ2n) is 6.87. The summed E-state index contributed by atoms with van der Waals surface area (Å²) in [7, 11) is 1.39. The average molecular weight is 516 g/mol. The van der Waals surface area contributed by atoms with E-state index >= 15 is 0 Å². The number of thioether (sulfide) groups is 1. The predicted octanol–water partition coefficient (Wildman–Crippen LogP) is 6.00. The predicted molar refractivity (Wildman–Crippen MR) is 109 cm³/mol. The van der Waals surface area contributed by atoms with Crippen LogP contribution in [0.25, 0.3) is 0 Å². The molecule has 1 unspecified atom stereocenters. The number of methoxy groups -OCH3 is 1. The van der Waals surface area contributed by atoms with E-state index in [1.807, 2.05) is 0 Å². The fraction of sp³-hybridized carbons (Fsp3) is 0.368. The molecular weight excluding hydrogens is 501 g/mol. The molecule has 0 saturated heterocycles. The quantitative estimate of drug-likeness (QED) is 0.372. The number of ether oxygens (including phenoxy) is 1. The Morgan fingerprint density at radius 3 is 2.56 bits per heavy atom. The molecule has 13 heteroatoms. The highest BCUT2D eigenvalue weighted by atomic mass is 35.5. The van der Waals surface area contributed by atoms with Gasteiger partial charge < -0.3 is 14.7 Å². The summed E-state index contributed by atoms with van der Waals surface area (Å²) < 4.78 is 68.9. The van der Waals surface area contributed by atoms with Gasteiger partial charge in [-0.3, -0.25) is 9.59 Å². The van der Waals surface area contributed by atoms with Crippen molar-refractivity contribution in [2.45, 2.75) is 41.4 Å². The SMILES string of the molecule is COC1=C(Cl)CC2C(=C1)C(CC(=O)O)=C(C)N2C(=O)c1csc(SC(F)(F)C(F)(F)F)c1. The lowest BCUT2D eigenvalue weighted by atomic mass is 9.92. The van der Waals surface area contributed by atoms with Crippen LogP contribution in [0.2, 0.25) is 0 Å². The number of hydrogen-bond acceptors (Lipinski definition) is 5. The van der Waals surface area contributed by atoms with E-state index in [2.05, 4.69) is 0 Å². The van der Waals surface area contributed by atoms with Gasteiger partial charge in [-0.05, 0) is 42.0 Å². The van der Waals surface area contributed by atoms with Crippen molar-refractivity contribution >= 4 is 46.6 Å². The van der Waals surface area contributed by atoms with E-state index < -0.39 is 41.1 Å². The van der Waals surface area contributed by atoms with Gasteiger partial charge in [0.2, 0.25) is 0 Å². The number of amides is 1. The van der Waals surface area contributed by atoms with Crippen LogP contribution in [0.3, 0.4) is 0 Å². The molecule has 1 aliphatic carbocycles. The van der Waals surface area contributed by atoms with Gasteiger partial charge in [-0.1, -0.05) is 11.6 Å². The monoisotopic (exact) mass is 515 g/mol. The minimum Gasteiger partial charge on any atom is -0.496 e. The third-order valence-electron chi connectivity index (χ3n) is 4.89. The van der Waals surface area contributed by atoms with E-state index in [0.29, 0.717) is 39.0 Å². The molecule has 2 aliphatic rings. The van der Waals surface area contributed by atoms with Crippen LogP contribution in [0.15, 0.2) is 49.4 Å². The maximum atomic E-state index is 13.3. The first kappa shape index (κ1) is 24.6. The Kier molecular flexibility index (Phi) is 6.69. The van der Waals surface area contributed by atoms with Crippen LogP contribution in [-0.4, -0.2) is 46.5 Å². The summed E-state index contributed by atoms with van der Waals surface area (Å²) in [5, 5.41) is 5.75. The van der Waals surface area contributed by atoms with E-state index in [1.165, 1.54) is 24.3 Å². The lowest BCUT2D eigenvalue weighted by molar-refractivity contribution is -0.237. The number of rotatable bonds is 6. The van der Waals surface area contributed by atoms with Gasteiger partial charge in [0, 0.05) is 17.5 Å². The van der Waals surface area contributed by atoms with Crippen LogP contribution >= 0.6 is 34.7 Å². The Balaban J connectivity index is 1.94. The number of carbonyl (C=O) groups excluding carboxylic acids is 1. The molecule has 5 nitrogen and oxygen atoms in total. The van der Waals surface area contributed by atoms with Crippen molar-refractivity contribution in [3.8, 4) is 0 Å². The molecule has 3 rings (SSSR count). The van der Waals surface area contributed by atoms with Crippen molar-refractivity contribution in [1.29, 1.82) is 0 Å². The molecule has 0 bridgehead atoms. The van der Waals surface area contributed by atoms with E-state index in [4.69, 9.17) is 16.3 Å². The summed E-state index contributed by atoms with van der Waals surface area (Å²) in [6.45, 7) is 1.54. The molecule has 174 valence electrons. The van der Waals surface area contributed by atoms with Crippen molar-refractivity contribution in [3.63, 3.8) is 0 Å². The molecule has 1 aromatic heterocycles. The van der Waals surface area contributed by atoms with Gasteiger partial charge in [0.15, 0.2) is 0 Å². The normalized spacial score (nSPS) is 19.3. The number of carboxylic acids is 1. The van der Waals surface area contributed by atoms with Crippen LogP contribution in [0.1, 0.15) is 30.1 Å². The zero-order valence-corrected chi connectivity index (χ0v) is 18.8. The average Bonchev–Trinajstić information content (AvgIpc) is 3.22. The van der Waals surface area contributed by atoms with Crippen molar-refractivity contribution < 1.29 is 41.4 Å². The molecule has 1 aromatic rings. The zero-order chi connectivity index (χ0) is 24.0. The number of alkyl halides is 5. The van der Waals surface area contributed by atoms with Crippen molar-refractivity contribution in [2.75, 3.05) is 7.11 Å². The van der Waals surface area contributed by atoms with Crippen molar-refractivity contribution in [2.24, 2.45) is 0 Å². The molecular formula is C19H15ClF5NO4S2. The van der Waals surface area contributed by atoms with Gasteiger partial charge in [-0.25, -0.2) is 0 Å². The molecule has 0 aromatic carbocycles. The van der Waals surface area contributed by atoms with Crippen LogP contribution < -0.4 is 0 Å². The number of carboxylic acid groups (broad SMARTS) is 1. The van der Waals surface area contributed by atoms with Crippen LogP contribution in [-0.2, 0) is 9.53 Å². The Morgan fingerprint density at radius 2 is 2.00 bits per heavy atom. The molecule has 1 N–H and O–H groups in total. The summed E-state index contributed by atoms with van der Waals surface area (Å²) >= 11 is 6.13. The highest BCUT2D eigenvalue weighted by Crippen LogP contribution is 2.49. The third kappa shape index (κ3) is 4.53. The largest absolute Gasteiger partial charge is 0.496 e. The molecule has 32 heavy (non-hydrogen) atoms. The summed E-state index contributed by atoms with van der Waals surface area (Å²) in [6, 6.07) is 0.306. The van der Waals surface area contributed by atoms with Gasteiger partial charge in [0.25, 0.3) is 5.91 Å². The minimum absolute atomic E-state index is 0.0941. The fourth-order valence-electron chi connectivity index (χ4n) is 3.45. The van der Waals surface area contributed by atoms with E-state index in [1.54, 1.807) is 6.08 Å². The number of hydrogen-bond donors (Lipinski definition) is 1. The van der Waals surface area contributed by atoms with Gasteiger partial charge in [0.1, 0.15) is 5.76 Å². The van der Waals surface area contributed by atoms with Gasteiger partial charge in [-0.15, -0.1) is 11.3 Å². The van der Waals surface area contributed by atoms with Crippen LogP contribution in [0, 0.1) is 0 Å². The number of aliphatic carboxylic acids is 1. The number of halogens is 6. The maximum Gasteiger partial charge on any atom is 0.464 e. The number of allylic oxidation sites excluding steroid dienone is 2. The second-order valence-corrected chi connectivity index (χ2v) is 9.66.